The zero-order valence-electron chi connectivity index (χ0n) is 14.1. The standard InChI is InChI=1S/C17H24N2O5S/c20-16(9-4-5-10-17(21)22)18-11-6-12-19(14-13-18)25(23,24)15-7-2-1-3-8-15/h1-3,7-8H,4-6,9-14H2,(H,21,22). The number of carboxylic acids is 1. The molecule has 138 valence electrons. The normalized spacial score (nSPS) is 16.4. The number of aliphatic carboxylic acids is 1. The van der Waals surface area contributed by atoms with Crippen LogP contribution in [0.15, 0.2) is 35.2 Å². The molecule has 1 saturated heterocycles. The van der Waals surface area contributed by atoms with Crippen molar-refractivity contribution in [1.82, 2.24) is 9.21 Å². The summed E-state index contributed by atoms with van der Waals surface area (Å²) >= 11 is 0. The molecule has 0 unspecified atom stereocenters. The Morgan fingerprint density at radius 1 is 0.960 bits per heavy atom. The summed E-state index contributed by atoms with van der Waals surface area (Å²) in [6.07, 6.45) is 1.97. The monoisotopic (exact) mass is 368 g/mol. The average molecular weight is 368 g/mol. The van der Waals surface area contributed by atoms with Crippen LogP contribution in [-0.2, 0) is 19.6 Å². The van der Waals surface area contributed by atoms with E-state index >= 15 is 0 Å². The number of sulfonamides is 1. The summed E-state index contributed by atoms with van der Waals surface area (Å²) in [5.41, 5.74) is 0. The van der Waals surface area contributed by atoms with Crippen molar-refractivity contribution in [3.05, 3.63) is 30.3 Å². The molecular formula is C17H24N2O5S. The molecule has 0 aromatic heterocycles. The topological polar surface area (TPSA) is 95.0 Å². The summed E-state index contributed by atoms with van der Waals surface area (Å²) in [7, 11) is -3.53. The molecule has 1 aromatic carbocycles. The first kappa shape index (κ1) is 19.4. The maximum atomic E-state index is 12.7. The van der Waals surface area contributed by atoms with Crippen molar-refractivity contribution in [3.63, 3.8) is 0 Å². The SMILES string of the molecule is O=C(O)CCCCC(=O)N1CCCN(S(=O)(=O)c2ccccc2)CC1. The molecular weight excluding hydrogens is 344 g/mol. The first-order valence-corrected chi connectivity index (χ1v) is 9.90. The molecule has 0 saturated carbocycles. The van der Waals surface area contributed by atoms with E-state index in [2.05, 4.69) is 0 Å². The number of hydrogen-bond acceptors (Lipinski definition) is 4. The summed E-state index contributed by atoms with van der Waals surface area (Å²) in [6.45, 7) is 1.56. The van der Waals surface area contributed by atoms with Gasteiger partial charge in [0.05, 0.1) is 4.90 Å². The van der Waals surface area contributed by atoms with Gasteiger partial charge in [0.25, 0.3) is 0 Å². The number of benzene rings is 1. The molecule has 1 aliphatic rings. The van der Waals surface area contributed by atoms with Gasteiger partial charge in [-0.3, -0.25) is 9.59 Å². The van der Waals surface area contributed by atoms with Crippen molar-refractivity contribution in [2.24, 2.45) is 0 Å². The molecule has 0 aliphatic carbocycles. The quantitative estimate of drug-likeness (QED) is 0.737. The predicted molar refractivity (Wildman–Crippen MR) is 92.5 cm³/mol. The van der Waals surface area contributed by atoms with E-state index in [4.69, 9.17) is 5.11 Å². The van der Waals surface area contributed by atoms with Gasteiger partial charge in [-0.2, -0.15) is 4.31 Å². The van der Waals surface area contributed by atoms with Crippen molar-refractivity contribution >= 4 is 21.9 Å². The second-order valence-corrected chi connectivity index (χ2v) is 7.99. The molecule has 2 rings (SSSR count). The number of carbonyl (C=O) groups is 2. The Kier molecular flexibility index (Phi) is 6.95. The van der Waals surface area contributed by atoms with Crippen molar-refractivity contribution in [2.45, 2.75) is 37.0 Å². The minimum Gasteiger partial charge on any atom is -0.481 e. The van der Waals surface area contributed by atoms with E-state index in [1.165, 1.54) is 4.31 Å². The molecule has 8 heteroatoms. The fourth-order valence-corrected chi connectivity index (χ4v) is 4.33. The van der Waals surface area contributed by atoms with Crippen molar-refractivity contribution in [1.29, 1.82) is 0 Å². The van der Waals surface area contributed by atoms with E-state index in [1.807, 2.05) is 0 Å². The summed E-state index contributed by atoms with van der Waals surface area (Å²) in [4.78, 5) is 24.7. The number of hydrogen-bond donors (Lipinski definition) is 1. The molecule has 1 fully saturated rings. The smallest absolute Gasteiger partial charge is 0.303 e. The number of rotatable bonds is 7. The molecule has 0 spiro atoms. The van der Waals surface area contributed by atoms with E-state index in [1.54, 1.807) is 35.2 Å². The van der Waals surface area contributed by atoms with Gasteiger partial charge >= 0.3 is 5.97 Å². The van der Waals surface area contributed by atoms with E-state index in [-0.39, 0.29) is 23.8 Å². The maximum absolute atomic E-state index is 12.7. The molecule has 0 bridgehead atoms. The lowest BCUT2D eigenvalue weighted by Gasteiger charge is -2.22. The van der Waals surface area contributed by atoms with Gasteiger partial charge in [0.15, 0.2) is 0 Å². The van der Waals surface area contributed by atoms with Gasteiger partial charge in [-0.1, -0.05) is 18.2 Å². The van der Waals surface area contributed by atoms with Gasteiger partial charge in [-0.15, -0.1) is 0 Å². The van der Waals surface area contributed by atoms with Crippen LogP contribution in [0.1, 0.15) is 32.1 Å². The van der Waals surface area contributed by atoms with Crippen LogP contribution in [0, 0.1) is 0 Å². The molecule has 0 atom stereocenters. The minimum absolute atomic E-state index is 0.0376. The van der Waals surface area contributed by atoms with Gasteiger partial charge in [0, 0.05) is 39.0 Å². The number of carbonyl (C=O) groups excluding carboxylic acids is 1. The van der Waals surface area contributed by atoms with Crippen LogP contribution < -0.4 is 0 Å². The molecule has 1 N–H and O–H groups in total. The van der Waals surface area contributed by atoms with Crippen molar-refractivity contribution in [3.8, 4) is 0 Å². The van der Waals surface area contributed by atoms with Gasteiger partial charge in [-0.25, -0.2) is 8.42 Å². The Labute approximate surface area is 148 Å². The number of unbranched alkanes of at least 4 members (excludes halogenated alkanes) is 1. The number of nitrogens with zero attached hydrogens (tertiary/aromatic N) is 2. The highest BCUT2D eigenvalue weighted by Gasteiger charge is 2.27. The predicted octanol–water partition coefficient (Wildman–Crippen LogP) is 1.55. The van der Waals surface area contributed by atoms with Crippen molar-refractivity contribution in [2.75, 3.05) is 26.2 Å². The molecule has 0 radical (unpaired) electrons. The summed E-state index contributed by atoms with van der Waals surface area (Å²) in [5.74, 6) is -0.895. The molecule has 1 heterocycles. The fraction of sp³-hybridized carbons (Fsp3) is 0.529. The zero-order chi connectivity index (χ0) is 18.3. The largest absolute Gasteiger partial charge is 0.481 e. The van der Waals surface area contributed by atoms with E-state index in [9.17, 15) is 18.0 Å². The Bertz CT molecular complexity index is 690. The number of amides is 1. The first-order chi connectivity index (χ1) is 11.9. The van der Waals surface area contributed by atoms with Gasteiger partial charge < -0.3 is 10.0 Å². The van der Waals surface area contributed by atoms with E-state index in [0.717, 1.165) is 0 Å². The summed E-state index contributed by atoms with van der Waals surface area (Å²) in [6, 6.07) is 8.30. The van der Waals surface area contributed by atoms with Crippen LogP contribution in [0.5, 0.6) is 0 Å². The Morgan fingerprint density at radius 2 is 1.64 bits per heavy atom. The first-order valence-electron chi connectivity index (χ1n) is 8.46. The molecule has 1 amide bonds. The van der Waals surface area contributed by atoms with Crippen LogP contribution in [0.25, 0.3) is 0 Å². The molecule has 1 aromatic rings. The van der Waals surface area contributed by atoms with E-state index < -0.39 is 16.0 Å². The lowest BCUT2D eigenvalue weighted by Crippen LogP contribution is -2.37. The zero-order valence-corrected chi connectivity index (χ0v) is 15.0. The third-order valence-corrected chi connectivity index (χ3v) is 6.13. The lowest BCUT2D eigenvalue weighted by atomic mass is 10.2. The van der Waals surface area contributed by atoms with Gasteiger partial charge in [-0.05, 0) is 31.4 Å². The van der Waals surface area contributed by atoms with E-state index in [0.29, 0.717) is 45.3 Å². The molecule has 1 aliphatic heterocycles. The van der Waals surface area contributed by atoms with Crippen LogP contribution in [-0.4, -0.2) is 60.8 Å². The molecule has 25 heavy (non-hydrogen) atoms. The third-order valence-electron chi connectivity index (χ3n) is 4.22. The van der Waals surface area contributed by atoms with Gasteiger partial charge in [0.2, 0.25) is 15.9 Å². The Hall–Kier alpha value is -1.93. The highest BCUT2D eigenvalue weighted by Crippen LogP contribution is 2.18. The second-order valence-electron chi connectivity index (χ2n) is 6.05. The Morgan fingerprint density at radius 3 is 2.32 bits per heavy atom. The summed E-state index contributed by atoms with van der Waals surface area (Å²) in [5, 5.41) is 8.61. The lowest BCUT2D eigenvalue weighted by molar-refractivity contribution is -0.137. The van der Waals surface area contributed by atoms with Crippen LogP contribution in [0.4, 0.5) is 0 Å². The second kappa shape index (κ2) is 8.96. The van der Waals surface area contributed by atoms with Crippen LogP contribution >= 0.6 is 0 Å². The summed E-state index contributed by atoms with van der Waals surface area (Å²) < 4.78 is 26.7. The number of carboxylic acid groups (broad SMARTS) is 1. The third kappa shape index (κ3) is 5.54. The Balaban J connectivity index is 1.89. The van der Waals surface area contributed by atoms with Crippen LogP contribution in [0.2, 0.25) is 0 Å². The maximum Gasteiger partial charge on any atom is 0.303 e. The highest BCUT2D eigenvalue weighted by molar-refractivity contribution is 7.89. The minimum atomic E-state index is -3.53. The van der Waals surface area contributed by atoms with Crippen LogP contribution in [0.3, 0.4) is 0 Å². The van der Waals surface area contributed by atoms with Crippen molar-refractivity contribution < 1.29 is 23.1 Å². The fourth-order valence-electron chi connectivity index (χ4n) is 2.84. The average Bonchev–Trinajstić information content (AvgIpc) is 2.86. The molecule has 7 nitrogen and oxygen atoms in total. The highest BCUT2D eigenvalue weighted by atomic mass is 32.2. The van der Waals surface area contributed by atoms with Gasteiger partial charge in [0.1, 0.15) is 0 Å².